The third-order valence-electron chi connectivity index (χ3n) is 4.18. The summed E-state index contributed by atoms with van der Waals surface area (Å²) in [5.74, 6) is 0.297. The molecule has 0 saturated heterocycles. The fraction of sp³-hybridized carbons (Fsp3) is 0.300. The molecule has 1 amide bonds. The lowest BCUT2D eigenvalue weighted by Gasteiger charge is -2.19. The molecule has 7 heteroatoms. The first-order chi connectivity index (χ1) is 12.4. The zero-order chi connectivity index (χ0) is 19.1. The van der Waals surface area contributed by atoms with E-state index >= 15 is 0 Å². The summed E-state index contributed by atoms with van der Waals surface area (Å²) in [4.78, 5) is 15.8. The van der Waals surface area contributed by atoms with Gasteiger partial charge in [0, 0.05) is 26.2 Å². The van der Waals surface area contributed by atoms with Crippen molar-refractivity contribution < 1.29 is 9.18 Å². The number of aryl methyl sites for hydroxylation is 1. The Kier molecular flexibility index (Phi) is 9.20. The zero-order valence-electron chi connectivity index (χ0n) is 16.0. The predicted octanol–water partition coefficient (Wildman–Crippen LogP) is 3.54. The van der Waals surface area contributed by atoms with Crippen molar-refractivity contribution in [3.63, 3.8) is 0 Å². The van der Waals surface area contributed by atoms with Gasteiger partial charge in [0.2, 0.25) is 0 Å². The molecule has 0 aromatic heterocycles. The number of hydrogen-bond donors (Lipinski definition) is 3. The number of amides is 1. The largest absolute Gasteiger partial charge is 0.355 e. The minimum atomic E-state index is -0.213. The molecule has 27 heavy (non-hydrogen) atoms. The Labute approximate surface area is 176 Å². The SMILES string of the molecule is CN=C(NCc1ccc(C(=O)NC)cc1)NC(C)c1ccc(C)c(F)c1.I. The Morgan fingerprint density at radius 3 is 2.41 bits per heavy atom. The maximum Gasteiger partial charge on any atom is 0.251 e. The first kappa shape index (κ1) is 22.9. The molecular formula is C20H26FIN4O. The van der Waals surface area contributed by atoms with Crippen molar-refractivity contribution in [3.05, 3.63) is 70.5 Å². The standard InChI is InChI=1S/C20H25FN4O.HI/c1-13-5-8-17(11-18(13)21)14(2)25-20(23-4)24-12-15-6-9-16(10-7-15)19(26)22-3;/h5-11,14H,12H2,1-4H3,(H,22,26)(H2,23,24,25);1H. The van der Waals surface area contributed by atoms with Gasteiger partial charge in [-0.05, 0) is 48.7 Å². The Balaban J connectivity index is 0.00000364. The van der Waals surface area contributed by atoms with Gasteiger partial charge < -0.3 is 16.0 Å². The molecule has 1 unspecified atom stereocenters. The average molecular weight is 484 g/mol. The topological polar surface area (TPSA) is 65.5 Å². The molecule has 0 heterocycles. The molecule has 146 valence electrons. The highest BCUT2D eigenvalue weighted by Crippen LogP contribution is 2.16. The van der Waals surface area contributed by atoms with Gasteiger partial charge in [-0.1, -0.05) is 24.3 Å². The molecule has 2 aromatic rings. The maximum absolute atomic E-state index is 13.7. The van der Waals surface area contributed by atoms with E-state index in [2.05, 4.69) is 20.9 Å². The Bertz CT molecular complexity index is 793. The monoisotopic (exact) mass is 484 g/mol. The number of carbonyl (C=O) groups excluding carboxylic acids is 1. The minimum Gasteiger partial charge on any atom is -0.355 e. The van der Waals surface area contributed by atoms with Gasteiger partial charge in [0.1, 0.15) is 5.82 Å². The number of carbonyl (C=O) groups is 1. The predicted molar refractivity (Wildman–Crippen MR) is 118 cm³/mol. The van der Waals surface area contributed by atoms with E-state index in [1.165, 1.54) is 6.07 Å². The van der Waals surface area contributed by atoms with Gasteiger partial charge in [-0.25, -0.2) is 4.39 Å². The van der Waals surface area contributed by atoms with Crippen LogP contribution in [-0.2, 0) is 6.54 Å². The van der Waals surface area contributed by atoms with E-state index in [0.29, 0.717) is 23.6 Å². The first-order valence-corrected chi connectivity index (χ1v) is 8.49. The van der Waals surface area contributed by atoms with Crippen LogP contribution in [0.15, 0.2) is 47.5 Å². The van der Waals surface area contributed by atoms with E-state index in [0.717, 1.165) is 11.1 Å². The molecule has 0 aliphatic carbocycles. The number of rotatable bonds is 5. The number of nitrogens with zero attached hydrogens (tertiary/aromatic N) is 1. The van der Waals surface area contributed by atoms with Crippen molar-refractivity contribution in [2.24, 2.45) is 4.99 Å². The van der Waals surface area contributed by atoms with Crippen LogP contribution in [0.4, 0.5) is 4.39 Å². The second kappa shape index (κ2) is 10.9. The van der Waals surface area contributed by atoms with E-state index in [4.69, 9.17) is 0 Å². The van der Waals surface area contributed by atoms with Gasteiger partial charge in [0.15, 0.2) is 5.96 Å². The van der Waals surface area contributed by atoms with E-state index in [1.54, 1.807) is 39.2 Å². The van der Waals surface area contributed by atoms with Crippen molar-refractivity contribution in [2.45, 2.75) is 26.4 Å². The van der Waals surface area contributed by atoms with Crippen molar-refractivity contribution in [1.82, 2.24) is 16.0 Å². The summed E-state index contributed by atoms with van der Waals surface area (Å²) in [6.45, 7) is 4.25. The van der Waals surface area contributed by atoms with Gasteiger partial charge in [-0.2, -0.15) is 0 Å². The quantitative estimate of drug-likeness (QED) is 0.346. The molecule has 0 spiro atoms. The van der Waals surface area contributed by atoms with Crippen molar-refractivity contribution in [1.29, 1.82) is 0 Å². The summed E-state index contributed by atoms with van der Waals surface area (Å²) >= 11 is 0. The highest BCUT2D eigenvalue weighted by molar-refractivity contribution is 14.0. The van der Waals surface area contributed by atoms with Crippen LogP contribution in [0, 0.1) is 12.7 Å². The van der Waals surface area contributed by atoms with Gasteiger partial charge in [0.05, 0.1) is 6.04 Å². The molecule has 0 bridgehead atoms. The molecule has 0 fully saturated rings. The molecule has 0 radical (unpaired) electrons. The molecular weight excluding hydrogens is 458 g/mol. The Hall–Kier alpha value is -2.16. The lowest BCUT2D eigenvalue weighted by atomic mass is 10.1. The summed E-state index contributed by atoms with van der Waals surface area (Å²) in [7, 11) is 3.29. The van der Waals surface area contributed by atoms with E-state index in [-0.39, 0.29) is 41.7 Å². The minimum absolute atomic E-state index is 0. The number of aliphatic imine (C=N–C) groups is 1. The van der Waals surface area contributed by atoms with Crippen molar-refractivity contribution in [3.8, 4) is 0 Å². The molecule has 2 rings (SSSR count). The van der Waals surface area contributed by atoms with Crippen LogP contribution in [0.5, 0.6) is 0 Å². The molecule has 3 N–H and O–H groups in total. The molecule has 2 aromatic carbocycles. The fourth-order valence-corrected chi connectivity index (χ4v) is 2.47. The summed E-state index contributed by atoms with van der Waals surface area (Å²) in [5, 5.41) is 9.06. The third-order valence-corrected chi connectivity index (χ3v) is 4.18. The summed E-state index contributed by atoms with van der Waals surface area (Å²) < 4.78 is 13.7. The van der Waals surface area contributed by atoms with Gasteiger partial charge >= 0.3 is 0 Å². The van der Waals surface area contributed by atoms with Crippen LogP contribution >= 0.6 is 24.0 Å². The maximum atomic E-state index is 13.7. The van der Waals surface area contributed by atoms with Crippen LogP contribution in [0.3, 0.4) is 0 Å². The number of halogens is 2. The van der Waals surface area contributed by atoms with E-state index < -0.39 is 0 Å². The second-order valence-corrected chi connectivity index (χ2v) is 6.08. The number of benzene rings is 2. The number of nitrogens with one attached hydrogen (secondary N) is 3. The van der Waals surface area contributed by atoms with Gasteiger partial charge in [-0.3, -0.25) is 9.79 Å². The lowest BCUT2D eigenvalue weighted by Crippen LogP contribution is -2.38. The molecule has 0 aliphatic rings. The van der Waals surface area contributed by atoms with Crippen LogP contribution in [-0.4, -0.2) is 26.0 Å². The van der Waals surface area contributed by atoms with E-state index in [9.17, 15) is 9.18 Å². The summed E-state index contributed by atoms with van der Waals surface area (Å²) in [6.07, 6.45) is 0. The second-order valence-electron chi connectivity index (χ2n) is 6.08. The lowest BCUT2D eigenvalue weighted by molar-refractivity contribution is 0.0963. The van der Waals surface area contributed by atoms with Crippen LogP contribution < -0.4 is 16.0 Å². The first-order valence-electron chi connectivity index (χ1n) is 8.49. The normalized spacial score (nSPS) is 12.0. The number of hydrogen-bond acceptors (Lipinski definition) is 2. The summed E-state index contributed by atoms with van der Waals surface area (Å²) in [5.41, 5.74) is 3.12. The highest BCUT2D eigenvalue weighted by Gasteiger charge is 2.10. The molecule has 1 atom stereocenters. The molecule has 0 aliphatic heterocycles. The third kappa shape index (κ3) is 6.50. The van der Waals surface area contributed by atoms with Crippen LogP contribution in [0.25, 0.3) is 0 Å². The number of guanidine groups is 1. The van der Waals surface area contributed by atoms with E-state index in [1.807, 2.05) is 25.1 Å². The average Bonchev–Trinajstić information content (AvgIpc) is 2.66. The summed E-state index contributed by atoms with van der Waals surface area (Å²) in [6, 6.07) is 12.5. The van der Waals surface area contributed by atoms with Gasteiger partial charge in [-0.15, -0.1) is 24.0 Å². The van der Waals surface area contributed by atoms with Crippen LogP contribution in [0.1, 0.15) is 40.0 Å². The van der Waals surface area contributed by atoms with Gasteiger partial charge in [0.25, 0.3) is 5.91 Å². The molecule has 5 nitrogen and oxygen atoms in total. The smallest absolute Gasteiger partial charge is 0.251 e. The highest BCUT2D eigenvalue weighted by atomic mass is 127. The Morgan fingerprint density at radius 1 is 1.19 bits per heavy atom. The van der Waals surface area contributed by atoms with Crippen LogP contribution in [0.2, 0.25) is 0 Å². The fourth-order valence-electron chi connectivity index (χ4n) is 2.47. The molecule has 0 saturated carbocycles. The van der Waals surface area contributed by atoms with Crippen molar-refractivity contribution >= 4 is 35.8 Å². The zero-order valence-corrected chi connectivity index (χ0v) is 18.3. The van der Waals surface area contributed by atoms with Crippen molar-refractivity contribution in [2.75, 3.05) is 14.1 Å². The Morgan fingerprint density at radius 2 is 1.85 bits per heavy atom.